The first-order chi connectivity index (χ1) is 10.9. The summed E-state index contributed by atoms with van der Waals surface area (Å²) in [6.07, 6.45) is -4.32. The summed E-state index contributed by atoms with van der Waals surface area (Å²) in [5.41, 5.74) is 1.68. The second kappa shape index (κ2) is 5.96. The SMILES string of the molecule is Cc1cc(C(=O)O)nc2c(C(C)(C)C)cc(NCC(F)(F)F)cc12. The number of carboxylic acids is 1. The molecule has 0 saturated carbocycles. The van der Waals surface area contributed by atoms with Gasteiger partial charge in [0, 0.05) is 11.1 Å². The Bertz CT molecular complexity index is 793. The van der Waals surface area contributed by atoms with Crippen molar-refractivity contribution in [3.05, 3.63) is 35.0 Å². The van der Waals surface area contributed by atoms with Crippen LogP contribution in [0.5, 0.6) is 0 Å². The molecule has 0 spiro atoms. The lowest BCUT2D eigenvalue weighted by Gasteiger charge is -2.23. The third kappa shape index (κ3) is 3.96. The molecule has 2 N–H and O–H groups in total. The number of alkyl halides is 3. The van der Waals surface area contributed by atoms with Crippen LogP contribution < -0.4 is 5.32 Å². The second-order valence-electron chi connectivity index (χ2n) is 6.77. The maximum Gasteiger partial charge on any atom is 0.405 e. The highest BCUT2D eigenvalue weighted by atomic mass is 19.4. The van der Waals surface area contributed by atoms with Crippen molar-refractivity contribution >= 4 is 22.6 Å². The van der Waals surface area contributed by atoms with Gasteiger partial charge in [-0.1, -0.05) is 20.8 Å². The molecule has 0 radical (unpaired) electrons. The first kappa shape index (κ1) is 18.0. The number of halogens is 3. The van der Waals surface area contributed by atoms with Crippen molar-refractivity contribution in [1.82, 2.24) is 4.98 Å². The lowest BCUT2D eigenvalue weighted by molar-refractivity contribution is -0.115. The molecule has 2 rings (SSSR count). The lowest BCUT2D eigenvalue weighted by Crippen LogP contribution is -2.22. The standard InChI is InChI=1S/C17H19F3N2O2/c1-9-5-13(15(23)24)22-14-11(9)6-10(21-8-17(18,19)20)7-12(14)16(2,3)4/h5-7,21H,8H2,1-4H3,(H,23,24). The number of nitrogens with zero attached hydrogens (tertiary/aromatic N) is 1. The van der Waals surface area contributed by atoms with Crippen molar-refractivity contribution in [3.63, 3.8) is 0 Å². The maximum atomic E-state index is 12.5. The Morgan fingerprint density at radius 2 is 1.83 bits per heavy atom. The maximum absolute atomic E-state index is 12.5. The van der Waals surface area contributed by atoms with Crippen LogP contribution in [0.1, 0.15) is 42.4 Å². The number of aryl methyl sites for hydroxylation is 1. The molecule has 0 atom stereocenters. The Morgan fingerprint density at radius 3 is 2.33 bits per heavy atom. The number of anilines is 1. The van der Waals surface area contributed by atoms with Crippen molar-refractivity contribution in [1.29, 1.82) is 0 Å². The van der Waals surface area contributed by atoms with E-state index < -0.39 is 24.1 Å². The monoisotopic (exact) mass is 340 g/mol. The summed E-state index contributed by atoms with van der Waals surface area (Å²) in [4.78, 5) is 15.4. The summed E-state index contributed by atoms with van der Waals surface area (Å²) < 4.78 is 37.4. The highest BCUT2D eigenvalue weighted by molar-refractivity contribution is 5.94. The highest BCUT2D eigenvalue weighted by Gasteiger charge is 2.27. The minimum atomic E-state index is -4.32. The predicted molar refractivity (Wildman–Crippen MR) is 86.7 cm³/mol. The van der Waals surface area contributed by atoms with Crippen molar-refractivity contribution in [2.75, 3.05) is 11.9 Å². The molecule has 0 unspecified atom stereocenters. The molecule has 0 amide bonds. The molecule has 1 heterocycles. The zero-order valence-corrected chi connectivity index (χ0v) is 13.9. The van der Waals surface area contributed by atoms with E-state index in [0.29, 0.717) is 27.7 Å². The van der Waals surface area contributed by atoms with E-state index >= 15 is 0 Å². The van der Waals surface area contributed by atoms with E-state index in [4.69, 9.17) is 0 Å². The number of benzene rings is 1. The van der Waals surface area contributed by atoms with Gasteiger partial charge in [-0.2, -0.15) is 13.2 Å². The van der Waals surface area contributed by atoms with Gasteiger partial charge in [-0.3, -0.25) is 0 Å². The van der Waals surface area contributed by atoms with Crippen molar-refractivity contribution in [2.24, 2.45) is 0 Å². The van der Waals surface area contributed by atoms with Gasteiger partial charge in [0.1, 0.15) is 12.2 Å². The Hall–Kier alpha value is -2.31. The molecule has 1 aromatic carbocycles. The van der Waals surface area contributed by atoms with Crippen LogP contribution in [0.2, 0.25) is 0 Å². The fourth-order valence-electron chi connectivity index (χ4n) is 2.48. The number of hydrogen-bond acceptors (Lipinski definition) is 3. The molecule has 0 aliphatic rings. The number of aromatic nitrogens is 1. The number of rotatable bonds is 3. The summed E-state index contributed by atoms with van der Waals surface area (Å²) >= 11 is 0. The number of aromatic carboxylic acids is 1. The van der Waals surface area contributed by atoms with E-state index in [1.54, 1.807) is 19.1 Å². The number of hydrogen-bond donors (Lipinski definition) is 2. The Labute approximate surface area is 137 Å². The van der Waals surface area contributed by atoms with E-state index in [9.17, 15) is 23.1 Å². The van der Waals surface area contributed by atoms with Crippen LogP contribution in [0.3, 0.4) is 0 Å². The largest absolute Gasteiger partial charge is 0.477 e. The third-order valence-corrected chi connectivity index (χ3v) is 3.64. The van der Waals surface area contributed by atoms with Gasteiger partial charge in [-0.05, 0) is 41.7 Å². The van der Waals surface area contributed by atoms with Crippen molar-refractivity contribution in [3.8, 4) is 0 Å². The normalized spacial score (nSPS) is 12.5. The molecular weight excluding hydrogens is 321 g/mol. The van der Waals surface area contributed by atoms with Crippen LogP contribution in [-0.4, -0.2) is 28.8 Å². The van der Waals surface area contributed by atoms with Crippen LogP contribution in [0.15, 0.2) is 18.2 Å². The van der Waals surface area contributed by atoms with Gasteiger partial charge in [-0.25, -0.2) is 9.78 Å². The molecule has 2 aromatic rings. The average molecular weight is 340 g/mol. The molecule has 1 aromatic heterocycles. The number of carbonyl (C=O) groups is 1. The van der Waals surface area contributed by atoms with E-state index in [1.165, 1.54) is 6.07 Å². The molecular formula is C17H19F3N2O2. The smallest absolute Gasteiger partial charge is 0.405 e. The first-order valence-corrected chi connectivity index (χ1v) is 7.38. The molecule has 24 heavy (non-hydrogen) atoms. The zero-order chi connectivity index (χ0) is 18.3. The molecule has 4 nitrogen and oxygen atoms in total. The number of fused-ring (bicyclic) bond motifs is 1. The molecule has 0 bridgehead atoms. The minimum absolute atomic E-state index is 0.0819. The van der Waals surface area contributed by atoms with Gasteiger partial charge in [0.15, 0.2) is 0 Å². The summed E-state index contributed by atoms with van der Waals surface area (Å²) in [5, 5.41) is 12.2. The Kier molecular flexibility index (Phi) is 4.48. The number of carboxylic acid groups (broad SMARTS) is 1. The molecule has 0 aliphatic heterocycles. The second-order valence-corrected chi connectivity index (χ2v) is 6.77. The summed E-state index contributed by atoms with van der Waals surface area (Å²) in [6.45, 7) is 6.29. The minimum Gasteiger partial charge on any atom is -0.477 e. The molecule has 0 saturated heterocycles. The molecule has 0 fully saturated rings. The van der Waals surface area contributed by atoms with Crippen LogP contribution >= 0.6 is 0 Å². The fraction of sp³-hybridized carbons (Fsp3) is 0.412. The van der Waals surface area contributed by atoms with Crippen LogP contribution in [-0.2, 0) is 5.41 Å². The number of nitrogens with one attached hydrogen (secondary N) is 1. The van der Waals surface area contributed by atoms with Gasteiger partial charge in [0.25, 0.3) is 0 Å². The van der Waals surface area contributed by atoms with E-state index in [1.807, 2.05) is 20.8 Å². The van der Waals surface area contributed by atoms with Gasteiger partial charge in [-0.15, -0.1) is 0 Å². The quantitative estimate of drug-likeness (QED) is 0.863. The third-order valence-electron chi connectivity index (χ3n) is 3.64. The van der Waals surface area contributed by atoms with Crippen LogP contribution in [0.4, 0.5) is 18.9 Å². The first-order valence-electron chi connectivity index (χ1n) is 7.38. The molecule has 7 heteroatoms. The lowest BCUT2D eigenvalue weighted by atomic mass is 9.84. The summed E-state index contributed by atoms with van der Waals surface area (Å²) in [7, 11) is 0. The highest BCUT2D eigenvalue weighted by Crippen LogP contribution is 2.34. The van der Waals surface area contributed by atoms with Crippen LogP contribution in [0, 0.1) is 6.92 Å². The Morgan fingerprint density at radius 1 is 1.21 bits per heavy atom. The predicted octanol–water partition coefficient (Wildman–Crippen LogP) is 4.51. The van der Waals surface area contributed by atoms with Gasteiger partial charge >= 0.3 is 12.1 Å². The number of pyridine rings is 1. The molecule has 130 valence electrons. The average Bonchev–Trinajstić information content (AvgIpc) is 2.42. The van der Waals surface area contributed by atoms with Gasteiger partial charge in [0.2, 0.25) is 0 Å². The van der Waals surface area contributed by atoms with E-state index in [-0.39, 0.29) is 5.69 Å². The van der Waals surface area contributed by atoms with E-state index in [0.717, 1.165) is 0 Å². The Balaban J connectivity index is 2.68. The van der Waals surface area contributed by atoms with Gasteiger partial charge in [0.05, 0.1) is 5.52 Å². The molecule has 0 aliphatic carbocycles. The van der Waals surface area contributed by atoms with Crippen molar-refractivity contribution < 1.29 is 23.1 Å². The summed E-state index contributed by atoms with van der Waals surface area (Å²) in [5.74, 6) is -1.14. The summed E-state index contributed by atoms with van der Waals surface area (Å²) in [6, 6.07) is 4.60. The van der Waals surface area contributed by atoms with Crippen LogP contribution in [0.25, 0.3) is 10.9 Å². The topological polar surface area (TPSA) is 62.2 Å². The zero-order valence-electron chi connectivity index (χ0n) is 13.9. The van der Waals surface area contributed by atoms with Gasteiger partial charge < -0.3 is 10.4 Å². The van der Waals surface area contributed by atoms with Crippen molar-refractivity contribution in [2.45, 2.75) is 39.3 Å². The fourth-order valence-corrected chi connectivity index (χ4v) is 2.48. The van der Waals surface area contributed by atoms with E-state index in [2.05, 4.69) is 10.3 Å².